The number of rotatable bonds is 4. The van der Waals surface area contributed by atoms with Crippen molar-refractivity contribution in [2.24, 2.45) is 11.8 Å². The van der Waals surface area contributed by atoms with Gasteiger partial charge in [0.2, 0.25) is 0 Å². The van der Waals surface area contributed by atoms with Crippen molar-refractivity contribution in [1.82, 2.24) is 4.98 Å². The first kappa shape index (κ1) is 13.3. The summed E-state index contributed by atoms with van der Waals surface area (Å²) in [5, 5.41) is 14.6. The highest BCUT2D eigenvalue weighted by atomic mass is 32.1. The summed E-state index contributed by atoms with van der Waals surface area (Å²) in [5.74, 6) is 0.362. The highest BCUT2D eigenvalue weighted by Gasteiger charge is 2.28. The Hall–Kier alpha value is -1.10. The minimum absolute atomic E-state index is 0.138. The Bertz CT molecular complexity index is 417. The maximum Gasteiger partial charge on any atom is 0.355 e. The molecule has 18 heavy (non-hydrogen) atoms. The lowest BCUT2D eigenvalue weighted by Gasteiger charge is -2.34. The fourth-order valence-corrected chi connectivity index (χ4v) is 3.48. The van der Waals surface area contributed by atoms with Crippen molar-refractivity contribution in [2.45, 2.75) is 45.6 Å². The van der Waals surface area contributed by atoms with Crippen molar-refractivity contribution < 1.29 is 9.90 Å². The number of thiazole rings is 1. The van der Waals surface area contributed by atoms with Gasteiger partial charge in [0.1, 0.15) is 0 Å². The van der Waals surface area contributed by atoms with Crippen LogP contribution in [0, 0.1) is 11.8 Å². The average molecular weight is 268 g/mol. The summed E-state index contributed by atoms with van der Waals surface area (Å²) in [6.45, 7) is 4.52. The van der Waals surface area contributed by atoms with Crippen LogP contribution in [-0.4, -0.2) is 22.1 Å². The molecule has 2 rings (SSSR count). The predicted molar refractivity (Wildman–Crippen MR) is 73.3 cm³/mol. The van der Waals surface area contributed by atoms with E-state index in [1.54, 1.807) is 5.38 Å². The third-order valence-corrected chi connectivity index (χ3v) is 4.48. The van der Waals surface area contributed by atoms with Gasteiger partial charge in [0, 0.05) is 11.4 Å². The lowest BCUT2D eigenvalue weighted by molar-refractivity contribution is 0.0691. The van der Waals surface area contributed by atoms with Gasteiger partial charge in [-0.05, 0) is 24.7 Å². The third-order valence-electron chi connectivity index (χ3n) is 3.71. The zero-order chi connectivity index (χ0) is 13.1. The van der Waals surface area contributed by atoms with Gasteiger partial charge >= 0.3 is 5.97 Å². The second-order valence-corrected chi connectivity index (χ2v) is 6.14. The van der Waals surface area contributed by atoms with E-state index in [1.165, 1.54) is 30.6 Å². The number of carboxylic acid groups (broad SMARTS) is 1. The van der Waals surface area contributed by atoms with E-state index >= 15 is 0 Å². The Balaban J connectivity index is 2.03. The van der Waals surface area contributed by atoms with Crippen LogP contribution in [0.2, 0.25) is 0 Å². The van der Waals surface area contributed by atoms with E-state index in [2.05, 4.69) is 24.1 Å². The minimum Gasteiger partial charge on any atom is -0.476 e. The molecule has 1 aliphatic carbocycles. The third kappa shape index (κ3) is 3.02. The van der Waals surface area contributed by atoms with Crippen LogP contribution in [0.25, 0.3) is 0 Å². The molecule has 2 atom stereocenters. The second-order valence-electron chi connectivity index (χ2n) is 5.29. The zero-order valence-electron chi connectivity index (χ0n) is 10.8. The lowest BCUT2D eigenvalue weighted by atomic mass is 9.78. The first-order valence-electron chi connectivity index (χ1n) is 6.53. The number of nitrogens with one attached hydrogen (secondary N) is 1. The van der Waals surface area contributed by atoms with E-state index in [1.807, 2.05) is 0 Å². The molecule has 1 aliphatic rings. The summed E-state index contributed by atoms with van der Waals surface area (Å²) in [6.07, 6.45) is 4.97. The van der Waals surface area contributed by atoms with E-state index in [4.69, 9.17) is 5.11 Å². The van der Waals surface area contributed by atoms with Crippen molar-refractivity contribution in [1.29, 1.82) is 0 Å². The van der Waals surface area contributed by atoms with Gasteiger partial charge < -0.3 is 10.4 Å². The number of hydrogen-bond acceptors (Lipinski definition) is 4. The van der Waals surface area contributed by atoms with E-state index in [0.29, 0.717) is 17.9 Å². The number of aromatic nitrogens is 1. The second kappa shape index (κ2) is 5.69. The number of anilines is 1. The first-order chi connectivity index (χ1) is 8.58. The number of nitrogens with zero attached hydrogens (tertiary/aromatic N) is 1. The van der Waals surface area contributed by atoms with Gasteiger partial charge in [-0.3, -0.25) is 0 Å². The Morgan fingerprint density at radius 2 is 2.22 bits per heavy atom. The fraction of sp³-hybridized carbons (Fsp3) is 0.692. The minimum atomic E-state index is -0.955. The molecule has 1 aromatic rings. The lowest BCUT2D eigenvalue weighted by Crippen LogP contribution is -2.35. The number of hydrogen-bond donors (Lipinski definition) is 2. The summed E-state index contributed by atoms with van der Waals surface area (Å²) < 4.78 is 0. The summed E-state index contributed by atoms with van der Waals surface area (Å²) in [5.41, 5.74) is 0.138. The molecule has 2 unspecified atom stereocenters. The molecule has 0 aromatic carbocycles. The van der Waals surface area contributed by atoms with Crippen LogP contribution in [0.15, 0.2) is 5.38 Å². The van der Waals surface area contributed by atoms with Gasteiger partial charge in [-0.15, -0.1) is 11.3 Å². The molecule has 100 valence electrons. The molecular formula is C13H20N2O2S. The Morgan fingerprint density at radius 1 is 1.50 bits per heavy atom. The summed E-state index contributed by atoms with van der Waals surface area (Å²) in [7, 11) is 0. The van der Waals surface area contributed by atoms with Gasteiger partial charge in [-0.25, -0.2) is 9.78 Å². The topological polar surface area (TPSA) is 62.2 Å². The highest BCUT2D eigenvalue weighted by molar-refractivity contribution is 7.13. The smallest absolute Gasteiger partial charge is 0.355 e. The van der Waals surface area contributed by atoms with Crippen molar-refractivity contribution in [3.05, 3.63) is 11.1 Å². The molecular weight excluding hydrogens is 248 g/mol. The van der Waals surface area contributed by atoms with Crippen LogP contribution in [0.4, 0.5) is 5.13 Å². The number of aromatic carboxylic acids is 1. The molecule has 2 N–H and O–H groups in total. The maximum atomic E-state index is 10.8. The zero-order valence-corrected chi connectivity index (χ0v) is 11.7. The van der Waals surface area contributed by atoms with Crippen LogP contribution in [0.1, 0.15) is 50.0 Å². The largest absolute Gasteiger partial charge is 0.476 e. The average Bonchev–Trinajstić information content (AvgIpc) is 2.78. The molecule has 1 aromatic heterocycles. The monoisotopic (exact) mass is 268 g/mol. The first-order valence-corrected chi connectivity index (χ1v) is 7.41. The van der Waals surface area contributed by atoms with Crippen LogP contribution < -0.4 is 5.32 Å². The molecule has 0 radical (unpaired) electrons. The van der Waals surface area contributed by atoms with E-state index in [0.717, 1.165) is 11.6 Å². The Kier molecular flexibility index (Phi) is 4.22. The van der Waals surface area contributed by atoms with Crippen molar-refractivity contribution in [3.63, 3.8) is 0 Å². The Labute approximate surface area is 111 Å². The van der Waals surface area contributed by atoms with Crippen LogP contribution in [-0.2, 0) is 0 Å². The SMILES string of the molecule is CC(C)C1CCCCC1Nc1nc(C(=O)O)cs1. The Morgan fingerprint density at radius 3 is 2.83 bits per heavy atom. The summed E-state index contributed by atoms with van der Waals surface area (Å²) in [6, 6.07) is 0.437. The van der Waals surface area contributed by atoms with Gasteiger partial charge in [-0.1, -0.05) is 26.7 Å². The normalized spacial score (nSPS) is 24.2. The van der Waals surface area contributed by atoms with Gasteiger partial charge in [0.25, 0.3) is 0 Å². The molecule has 0 bridgehead atoms. The molecule has 0 saturated heterocycles. The van der Waals surface area contributed by atoms with E-state index < -0.39 is 5.97 Å². The molecule has 1 heterocycles. The summed E-state index contributed by atoms with van der Waals surface area (Å²) in [4.78, 5) is 14.9. The van der Waals surface area contributed by atoms with Crippen molar-refractivity contribution in [2.75, 3.05) is 5.32 Å². The van der Waals surface area contributed by atoms with Gasteiger partial charge in [0.05, 0.1) is 0 Å². The fourth-order valence-electron chi connectivity index (χ4n) is 2.73. The molecule has 4 nitrogen and oxygen atoms in total. The summed E-state index contributed by atoms with van der Waals surface area (Å²) >= 11 is 1.38. The molecule has 0 amide bonds. The molecule has 5 heteroatoms. The van der Waals surface area contributed by atoms with Gasteiger partial charge in [0.15, 0.2) is 10.8 Å². The van der Waals surface area contributed by atoms with E-state index in [9.17, 15) is 4.79 Å². The molecule has 0 spiro atoms. The van der Waals surface area contributed by atoms with Crippen molar-refractivity contribution in [3.8, 4) is 0 Å². The molecule has 1 saturated carbocycles. The van der Waals surface area contributed by atoms with E-state index in [-0.39, 0.29) is 5.69 Å². The standard InChI is InChI=1S/C13H20N2O2S/c1-8(2)9-5-3-4-6-10(9)14-13-15-11(7-18-13)12(16)17/h7-10H,3-6H2,1-2H3,(H,14,15)(H,16,17). The highest BCUT2D eigenvalue weighted by Crippen LogP contribution is 2.32. The van der Waals surface area contributed by atoms with Crippen molar-refractivity contribution >= 4 is 22.4 Å². The quantitative estimate of drug-likeness (QED) is 0.877. The maximum absolute atomic E-state index is 10.8. The van der Waals surface area contributed by atoms with Gasteiger partial charge in [-0.2, -0.15) is 0 Å². The predicted octanol–water partition coefficient (Wildman–Crippen LogP) is 3.47. The van der Waals surface area contributed by atoms with Crippen LogP contribution >= 0.6 is 11.3 Å². The molecule has 1 fully saturated rings. The number of carboxylic acids is 1. The van der Waals surface area contributed by atoms with Crippen LogP contribution in [0.5, 0.6) is 0 Å². The van der Waals surface area contributed by atoms with Crippen LogP contribution in [0.3, 0.4) is 0 Å². The number of carbonyl (C=O) groups is 1. The molecule has 0 aliphatic heterocycles.